The topological polar surface area (TPSA) is 0 Å². The number of rotatable bonds is 1. The summed E-state index contributed by atoms with van der Waals surface area (Å²) in [5.74, 6) is 0. The van der Waals surface area contributed by atoms with E-state index in [9.17, 15) is 0 Å². The van der Waals surface area contributed by atoms with Crippen LogP contribution in [0.5, 0.6) is 0 Å². The number of hydrogen-bond acceptors (Lipinski definition) is 0. The summed E-state index contributed by atoms with van der Waals surface area (Å²) >= 11 is 5.85. The van der Waals surface area contributed by atoms with E-state index < -0.39 is 0 Å². The van der Waals surface area contributed by atoms with E-state index in [2.05, 4.69) is 32.1 Å². The van der Waals surface area contributed by atoms with Crippen LogP contribution in [0.15, 0.2) is 30.3 Å². The van der Waals surface area contributed by atoms with Gasteiger partial charge in [0.1, 0.15) is 0 Å². The summed E-state index contributed by atoms with van der Waals surface area (Å²) in [6.07, 6.45) is 4.71. The second kappa shape index (κ2) is 3.43. The first-order chi connectivity index (χ1) is 6.57. The lowest BCUT2D eigenvalue weighted by atomic mass is 9.88. The molecule has 0 spiro atoms. The number of hydrogen-bond donors (Lipinski definition) is 0. The molecule has 0 atom stereocenters. The van der Waals surface area contributed by atoms with Crippen LogP contribution in [0.25, 0.3) is 5.57 Å². The van der Waals surface area contributed by atoms with Crippen LogP contribution in [0.3, 0.4) is 0 Å². The summed E-state index contributed by atoms with van der Waals surface area (Å²) in [5.41, 5.74) is 3.22. The second-order valence-corrected chi connectivity index (χ2v) is 5.22. The van der Waals surface area contributed by atoms with Crippen LogP contribution in [-0.2, 0) is 0 Å². The highest BCUT2D eigenvalue weighted by Crippen LogP contribution is 2.40. The third kappa shape index (κ3) is 2.01. The normalized spacial score (nSPS) is 19.5. The number of halogens is 1. The first kappa shape index (κ1) is 9.79. The number of allylic oxidation sites excluding steroid dienone is 2. The Labute approximate surface area is 90.6 Å². The molecule has 0 bridgehead atoms. The van der Waals surface area contributed by atoms with Gasteiger partial charge >= 0.3 is 0 Å². The number of benzene rings is 1. The van der Waals surface area contributed by atoms with Gasteiger partial charge in [0, 0.05) is 5.02 Å². The van der Waals surface area contributed by atoms with Crippen molar-refractivity contribution in [3.8, 4) is 0 Å². The SMILES string of the molecule is CC1(C)CC=C(c2ccc(Cl)cc2)C1. The van der Waals surface area contributed by atoms with Crippen LogP contribution in [0, 0.1) is 5.41 Å². The Balaban J connectivity index is 2.22. The van der Waals surface area contributed by atoms with Crippen molar-refractivity contribution in [2.45, 2.75) is 26.7 Å². The van der Waals surface area contributed by atoms with Gasteiger partial charge in [-0.1, -0.05) is 43.7 Å². The van der Waals surface area contributed by atoms with Gasteiger partial charge in [0.15, 0.2) is 0 Å². The molecule has 0 heterocycles. The fourth-order valence-corrected chi connectivity index (χ4v) is 2.07. The van der Waals surface area contributed by atoms with E-state index >= 15 is 0 Å². The molecular weight excluding hydrogens is 192 g/mol. The van der Waals surface area contributed by atoms with E-state index in [0.29, 0.717) is 5.41 Å². The highest BCUT2D eigenvalue weighted by atomic mass is 35.5. The molecule has 14 heavy (non-hydrogen) atoms. The van der Waals surface area contributed by atoms with Gasteiger partial charge in [0.05, 0.1) is 0 Å². The first-order valence-electron chi connectivity index (χ1n) is 5.02. The van der Waals surface area contributed by atoms with Crippen molar-refractivity contribution in [3.05, 3.63) is 40.9 Å². The minimum atomic E-state index is 0.439. The average Bonchev–Trinajstić information content (AvgIpc) is 2.47. The fourth-order valence-electron chi connectivity index (χ4n) is 1.94. The van der Waals surface area contributed by atoms with Crippen LogP contribution >= 0.6 is 11.6 Å². The molecule has 0 aliphatic heterocycles. The Morgan fingerprint density at radius 2 is 1.79 bits per heavy atom. The van der Waals surface area contributed by atoms with Crippen LogP contribution in [0.4, 0.5) is 0 Å². The molecule has 1 aliphatic carbocycles. The van der Waals surface area contributed by atoms with Crippen molar-refractivity contribution in [1.82, 2.24) is 0 Å². The lowest BCUT2D eigenvalue weighted by molar-refractivity contribution is 0.403. The van der Waals surface area contributed by atoms with Gasteiger partial charge in [-0.2, -0.15) is 0 Å². The largest absolute Gasteiger partial charge is 0.0843 e. The molecule has 0 saturated carbocycles. The Hall–Kier alpha value is -0.750. The Morgan fingerprint density at radius 3 is 2.29 bits per heavy atom. The molecule has 0 unspecified atom stereocenters. The van der Waals surface area contributed by atoms with Crippen molar-refractivity contribution < 1.29 is 0 Å². The minimum Gasteiger partial charge on any atom is -0.0843 e. The van der Waals surface area contributed by atoms with Gasteiger partial charge in [0.2, 0.25) is 0 Å². The van der Waals surface area contributed by atoms with E-state index in [-0.39, 0.29) is 0 Å². The zero-order valence-electron chi connectivity index (χ0n) is 8.68. The Morgan fingerprint density at radius 1 is 1.14 bits per heavy atom. The summed E-state index contributed by atoms with van der Waals surface area (Å²) in [7, 11) is 0. The lowest BCUT2D eigenvalue weighted by Gasteiger charge is -2.16. The summed E-state index contributed by atoms with van der Waals surface area (Å²) < 4.78 is 0. The van der Waals surface area contributed by atoms with Gasteiger partial charge in [-0.15, -0.1) is 0 Å². The predicted molar refractivity (Wildman–Crippen MR) is 62.4 cm³/mol. The molecule has 1 aromatic rings. The highest BCUT2D eigenvalue weighted by molar-refractivity contribution is 6.30. The second-order valence-electron chi connectivity index (χ2n) is 4.78. The summed E-state index contributed by atoms with van der Waals surface area (Å²) in [6.45, 7) is 4.62. The first-order valence-corrected chi connectivity index (χ1v) is 5.40. The van der Waals surface area contributed by atoms with E-state index in [4.69, 9.17) is 11.6 Å². The van der Waals surface area contributed by atoms with Crippen molar-refractivity contribution in [2.75, 3.05) is 0 Å². The quantitative estimate of drug-likeness (QED) is 0.633. The van der Waals surface area contributed by atoms with Crippen LogP contribution in [0.1, 0.15) is 32.3 Å². The maximum atomic E-state index is 5.85. The zero-order valence-corrected chi connectivity index (χ0v) is 9.43. The van der Waals surface area contributed by atoms with Gasteiger partial charge in [0.25, 0.3) is 0 Å². The van der Waals surface area contributed by atoms with Crippen LogP contribution in [-0.4, -0.2) is 0 Å². The van der Waals surface area contributed by atoms with Crippen molar-refractivity contribution in [3.63, 3.8) is 0 Å². The Kier molecular flexibility index (Phi) is 2.40. The third-order valence-corrected chi connectivity index (χ3v) is 3.04. The molecule has 1 heteroatoms. The highest BCUT2D eigenvalue weighted by Gasteiger charge is 2.24. The van der Waals surface area contributed by atoms with E-state index in [1.165, 1.54) is 24.0 Å². The predicted octanol–water partition coefficient (Wildman–Crippen LogP) is 4.54. The van der Waals surface area contributed by atoms with Gasteiger partial charge in [-0.25, -0.2) is 0 Å². The van der Waals surface area contributed by atoms with Gasteiger partial charge in [-0.05, 0) is 41.5 Å². The lowest BCUT2D eigenvalue weighted by Crippen LogP contribution is -2.04. The molecule has 0 amide bonds. The zero-order chi connectivity index (χ0) is 10.2. The molecular formula is C13H15Cl. The molecule has 0 nitrogen and oxygen atoms in total. The molecule has 1 aromatic carbocycles. The monoisotopic (exact) mass is 206 g/mol. The van der Waals surface area contributed by atoms with Crippen molar-refractivity contribution >= 4 is 17.2 Å². The molecule has 0 saturated heterocycles. The molecule has 2 rings (SSSR count). The van der Waals surface area contributed by atoms with Crippen LogP contribution in [0.2, 0.25) is 5.02 Å². The van der Waals surface area contributed by atoms with E-state index in [1.807, 2.05) is 12.1 Å². The standard InChI is InChI=1S/C13H15Cl/c1-13(2)8-7-11(9-13)10-3-5-12(14)6-4-10/h3-7H,8-9H2,1-2H3. The minimum absolute atomic E-state index is 0.439. The van der Waals surface area contributed by atoms with Gasteiger partial charge in [-0.3, -0.25) is 0 Å². The maximum Gasteiger partial charge on any atom is 0.0406 e. The third-order valence-electron chi connectivity index (χ3n) is 2.79. The van der Waals surface area contributed by atoms with E-state index in [0.717, 1.165) is 5.02 Å². The maximum absolute atomic E-state index is 5.85. The van der Waals surface area contributed by atoms with Crippen molar-refractivity contribution in [1.29, 1.82) is 0 Å². The molecule has 74 valence electrons. The summed E-state index contributed by atoms with van der Waals surface area (Å²) in [6, 6.07) is 8.14. The molecule has 0 radical (unpaired) electrons. The fraction of sp³-hybridized carbons (Fsp3) is 0.385. The molecule has 0 fully saturated rings. The Bertz CT molecular complexity index is 357. The van der Waals surface area contributed by atoms with Crippen molar-refractivity contribution in [2.24, 2.45) is 5.41 Å². The van der Waals surface area contributed by atoms with Gasteiger partial charge < -0.3 is 0 Å². The van der Waals surface area contributed by atoms with E-state index in [1.54, 1.807) is 0 Å². The molecule has 1 aliphatic rings. The average molecular weight is 207 g/mol. The summed E-state index contributed by atoms with van der Waals surface area (Å²) in [4.78, 5) is 0. The molecule has 0 aromatic heterocycles. The smallest absolute Gasteiger partial charge is 0.0406 e. The molecule has 0 N–H and O–H groups in total. The van der Waals surface area contributed by atoms with Crippen LogP contribution < -0.4 is 0 Å². The summed E-state index contributed by atoms with van der Waals surface area (Å²) in [5, 5.41) is 0.812.